The Labute approximate surface area is 93.3 Å². The third-order valence-electron chi connectivity index (χ3n) is 1.94. The van der Waals surface area contributed by atoms with Crippen LogP contribution in [-0.2, 0) is 17.7 Å². The van der Waals surface area contributed by atoms with Gasteiger partial charge in [-0.05, 0) is 24.1 Å². The molecule has 1 atom stereocenters. The Bertz CT molecular complexity index is 395. The van der Waals surface area contributed by atoms with Crippen LogP contribution in [0.15, 0.2) is 24.3 Å². The van der Waals surface area contributed by atoms with E-state index in [1.54, 1.807) is 13.0 Å². The fourth-order valence-electron chi connectivity index (χ4n) is 1.23. The molecule has 0 spiro atoms. The van der Waals surface area contributed by atoms with Crippen molar-refractivity contribution in [1.82, 2.24) is 0 Å². The Balaban J connectivity index is 3.16. The van der Waals surface area contributed by atoms with Crippen LogP contribution >= 0.6 is 0 Å². The molecule has 3 nitrogen and oxygen atoms in total. The van der Waals surface area contributed by atoms with Crippen LogP contribution in [-0.4, -0.2) is 15.1 Å². The maximum Gasteiger partial charge on any atom is 0.498 e. The molecule has 16 heavy (non-hydrogen) atoms. The van der Waals surface area contributed by atoms with E-state index in [0.29, 0.717) is 12.0 Å². The van der Waals surface area contributed by atoms with Gasteiger partial charge in [0, 0.05) is 0 Å². The molecule has 0 aliphatic rings. The first-order valence-corrected chi connectivity index (χ1v) is 5.49. The molecule has 0 aliphatic heterocycles. The second kappa shape index (κ2) is 4.84. The zero-order valence-electron chi connectivity index (χ0n) is 8.36. The Morgan fingerprint density at radius 2 is 2.06 bits per heavy atom. The molecular formula is C9H10F3NO2S. The Hall–Kier alpha value is -1.08. The van der Waals surface area contributed by atoms with Gasteiger partial charge in [0.25, 0.3) is 11.3 Å². The van der Waals surface area contributed by atoms with Gasteiger partial charge in [-0.15, -0.1) is 13.2 Å². The average molecular weight is 253 g/mol. The summed E-state index contributed by atoms with van der Waals surface area (Å²) in [6, 6.07) is 5.44. The number of anilines is 1. The molecule has 0 radical (unpaired) electrons. The van der Waals surface area contributed by atoms with Crippen LogP contribution < -0.4 is 4.31 Å². The van der Waals surface area contributed by atoms with Gasteiger partial charge in [0.15, 0.2) is 0 Å². The lowest BCUT2D eigenvalue weighted by molar-refractivity contribution is -0.115. The van der Waals surface area contributed by atoms with Crippen molar-refractivity contribution in [3.8, 4) is 0 Å². The lowest BCUT2D eigenvalue weighted by Crippen LogP contribution is -2.39. The summed E-state index contributed by atoms with van der Waals surface area (Å²) in [5, 5.41) is 0. The quantitative estimate of drug-likeness (QED) is 0.664. The zero-order valence-corrected chi connectivity index (χ0v) is 9.18. The molecule has 0 heterocycles. The van der Waals surface area contributed by atoms with Gasteiger partial charge in [0.2, 0.25) is 0 Å². The lowest BCUT2D eigenvalue weighted by Gasteiger charge is -2.22. The molecule has 90 valence electrons. The molecule has 1 unspecified atom stereocenters. The number of alkyl halides is 3. The highest BCUT2D eigenvalue weighted by atomic mass is 32.2. The van der Waals surface area contributed by atoms with Gasteiger partial charge in [-0.25, -0.2) is 4.21 Å². The van der Waals surface area contributed by atoms with E-state index in [9.17, 15) is 17.4 Å². The van der Waals surface area contributed by atoms with Gasteiger partial charge in [-0.1, -0.05) is 19.1 Å². The summed E-state index contributed by atoms with van der Waals surface area (Å²) in [7, 11) is 0. The van der Waals surface area contributed by atoms with E-state index in [0.717, 1.165) is 6.07 Å². The van der Waals surface area contributed by atoms with Gasteiger partial charge in [0.05, 0.1) is 5.69 Å². The zero-order chi connectivity index (χ0) is 12.3. The summed E-state index contributed by atoms with van der Waals surface area (Å²) >= 11 is -3.13. The van der Waals surface area contributed by atoms with Crippen LogP contribution in [0.3, 0.4) is 0 Å². The van der Waals surface area contributed by atoms with E-state index >= 15 is 0 Å². The molecule has 1 rings (SSSR count). The summed E-state index contributed by atoms with van der Waals surface area (Å²) in [5.74, 6) is 0. The molecule has 1 N–H and O–H groups in total. The van der Waals surface area contributed by atoms with Crippen molar-refractivity contribution in [2.24, 2.45) is 0 Å². The summed E-state index contributed by atoms with van der Waals surface area (Å²) in [4.78, 5) is 0. The monoisotopic (exact) mass is 253 g/mol. The number of nitrogens with zero attached hydrogens (tertiary/aromatic N) is 1. The smallest absolute Gasteiger partial charge is 0.289 e. The topological polar surface area (TPSA) is 40.5 Å². The number of aryl methyl sites for hydroxylation is 1. The van der Waals surface area contributed by atoms with Gasteiger partial charge in [-0.3, -0.25) is 4.55 Å². The predicted octanol–water partition coefficient (Wildman–Crippen LogP) is 2.71. The van der Waals surface area contributed by atoms with Crippen LogP contribution in [0.2, 0.25) is 0 Å². The van der Waals surface area contributed by atoms with Crippen molar-refractivity contribution in [1.29, 1.82) is 0 Å². The molecule has 0 saturated carbocycles. The highest BCUT2D eigenvalue weighted by Gasteiger charge is 2.41. The van der Waals surface area contributed by atoms with Gasteiger partial charge >= 0.3 is 6.30 Å². The fourth-order valence-corrected chi connectivity index (χ4v) is 1.70. The molecule has 0 saturated heterocycles. The van der Waals surface area contributed by atoms with Crippen LogP contribution in [0.5, 0.6) is 0 Å². The highest BCUT2D eigenvalue weighted by Crippen LogP contribution is 2.30. The number of hydrogen-bond donors (Lipinski definition) is 1. The molecule has 0 aliphatic carbocycles. The lowest BCUT2D eigenvalue weighted by atomic mass is 10.1. The van der Waals surface area contributed by atoms with Crippen LogP contribution in [0.4, 0.5) is 18.9 Å². The molecule has 0 bridgehead atoms. The van der Waals surface area contributed by atoms with Crippen LogP contribution in [0.25, 0.3) is 0 Å². The summed E-state index contributed by atoms with van der Waals surface area (Å²) < 4.78 is 56.2. The van der Waals surface area contributed by atoms with Crippen molar-refractivity contribution in [3.05, 3.63) is 29.8 Å². The first kappa shape index (κ1) is 13.0. The van der Waals surface area contributed by atoms with Crippen molar-refractivity contribution in [3.63, 3.8) is 0 Å². The Morgan fingerprint density at radius 1 is 1.44 bits per heavy atom. The standard InChI is InChI=1S/C9H10F3NO2S/c1-2-7-4-3-5-8(6-7)13(16(14)15)9(10,11)12/h3-6H,2H2,1H3,(H,14,15). The normalized spacial score (nSPS) is 13.6. The first-order chi connectivity index (χ1) is 7.36. The van der Waals surface area contributed by atoms with Crippen LogP contribution in [0, 0.1) is 0 Å². The minimum Gasteiger partial charge on any atom is -0.289 e. The maximum atomic E-state index is 12.5. The van der Waals surface area contributed by atoms with Gasteiger partial charge < -0.3 is 0 Å². The molecule has 0 fully saturated rings. The fraction of sp³-hybridized carbons (Fsp3) is 0.333. The Morgan fingerprint density at radius 3 is 2.50 bits per heavy atom. The summed E-state index contributed by atoms with van der Waals surface area (Å²) in [6.07, 6.45) is -4.33. The number of rotatable bonds is 3. The minimum atomic E-state index is -4.88. The van der Waals surface area contributed by atoms with Crippen molar-refractivity contribution in [2.75, 3.05) is 4.31 Å². The van der Waals surface area contributed by atoms with E-state index in [-0.39, 0.29) is 5.69 Å². The number of halogens is 3. The summed E-state index contributed by atoms with van der Waals surface area (Å²) in [6.45, 7) is 1.78. The van der Waals surface area contributed by atoms with E-state index in [4.69, 9.17) is 4.55 Å². The molecule has 1 aromatic rings. The summed E-state index contributed by atoms with van der Waals surface area (Å²) in [5.41, 5.74) is 0.324. The molecule has 0 aromatic heterocycles. The molecular weight excluding hydrogens is 243 g/mol. The van der Waals surface area contributed by atoms with Crippen molar-refractivity contribution < 1.29 is 21.9 Å². The molecule has 0 amide bonds. The van der Waals surface area contributed by atoms with E-state index in [1.165, 1.54) is 12.1 Å². The minimum absolute atomic E-state index is 0.340. The highest BCUT2D eigenvalue weighted by molar-refractivity contribution is 7.80. The predicted molar refractivity (Wildman–Crippen MR) is 55.1 cm³/mol. The van der Waals surface area contributed by atoms with Crippen molar-refractivity contribution >= 4 is 17.0 Å². The van der Waals surface area contributed by atoms with Gasteiger partial charge in [-0.2, -0.15) is 4.31 Å². The van der Waals surface area contributed by atoms with Crippen LogP contribution in [0.1, 0.15) is 12.5 Å². The first-order valence-electron chi connectivity index (χ1n) is 4.43. The van der Waals surface area contributed by atoms with E-state index in [1.807, 2.05) is 0 Å². The number of benzene rings is 1. The number of hydrogen-bond acceptors (Lipinski definition) is 1. The maximum absolute atomic E-state index is 12.5. The molecule has 7 heteroatoms. The Kier molecular flexibility index (Phi) is 3.93. The van der Waals surface area contributed by atoms with E-state index in [2.05, 4.69) is 0 Å². The third-order valence-corrected chi connectivity index (χ3v) is 2.67. The van der Waals surface area contributed by atoms with Gasteiger partial charge in [0.1, 0.15) is 0 Å². The largest absolute Gasteiger partial charge is 0.498 e. The molecule has 1 aromatic carbocycles. The SMILES string of the molecule is CCc1cccc(N(S(=O)O)C(F)(F)F)c1. The average Bonchev–Trinajstić information content (AvgIpc) is 2.15. The second-order valence-electron chi connectivity index (χ2n) is 3.02. The van der Waals surface area contributed by atoms with E-state index < -0.39 is 21.9 Å². The second-order valence-corrected chi connectivity index (χ2v) is 3.84. The van der Waals surface area contributed by atoms with Crippen molar-refractivity contribution in [2.45, 2.75) is 19.6 Å². The third kappa shape index (κ3) is 2.96.